The van der Waals surface area contributed by atoms with Gasteiger partial charge in [-0.05, 0) is 27.7 Å². The van der Waals surface area contributed by atoms with Gasteiger partial charge >= 0.3 is 0 Å². The molecule has 0 bridgehead atoms. The normalized spacial score (nSPS) is 18.8. The molecule has 0 saturated carbocycles. The van der Waals surface area contributed by atoms with Gasteiger partial charge in [-0.1, -0.05) is 0 Å². The molecule has 0 spiro atoms. The molecule has 1 rings (SSSR count). The predicted molar refractivity (Wildman–Crippen MR) is 56.2 cm³/mol. The standard InChI is InChI=1S/C8H17N3OS/c1-6(2)11-5-9-8(10-13-11)12-7(3)4/h6-7H,5H2,1-4H3,(H,9,10). The van der Waals surface area contributed by atoms with Gasteiger partial charge in [0.05, 0.1) is 6.10 Å². The Kier molecular flexibility index (Phi) is 3.87. The van der Waals surface area contributed by atoms with Crippen LogP contribution in [0.15, 0.2) is 4.99 Å². The fourth-order valence-electron chi connectivity index (χ4n) is 0.846. The topological polar surface area (TPSA) is 36.9 Å². The number of amidine groups is 1. The fraction of sp³-hybridized carbons (Fsp3) is 0.875. The number of aliphatic imine (C=N–C) groups is 1. The smallest absolute Gasteiger partial charge is 0.297 e. The lowest BCUT2D eigenvalue weighted by Crippen LogP contribution is -2.37. The number of nitrogens with one attached hydrogen (secondary N) is 1. The van der Waals surface area contributed by atoms with Crippen LogP contribution in [0.1, 0.15) is 27.7 Å². The van der Waals surface area contributed by atoms with Gasteiger partial charge < -0.3 is 4.74 Å². The van der Waals surface area contributed by atoms with E-state index in [9.17, 15) is 0 Å². The molecule has 4 nitrogen and oxygen atoms in total. The minimum absolute atomic E-state index is 0.178. The Bertz CT molecular complexity index is 194. The van der Waals surface area contributed by atoms with Crippen molar-refractivity contribution in [1.82, 2.24) is 9.03 Å². The Balaban J connectivity index is 2.39. The van der Waals surface area contributed by atoms with Gasteiger partial charge in [-0.25, -0.2) is 9.30 Å². The monoisotopic (exact) mass is 203 g/mol. The summed E-state index contributed by atoms with van der Waals surface area (Å²) >= 11 is 1.55. The van der Waals surface area contributed by atoms with Gasteiger partial charge in [0.15, 0.2) is 0 Å². The zero-order chi connectivity index (χ0) is 9.84. The number of hydrogen-bond acceptors (Lipinski definition) is 5. The molecule has 1 aliphatic heterocycles. The summed E-state index contributed by atoms with van der Waals surface area (Å²) < 4.78 is 10.6. The van der Waals surface area contributed by atoms with E-state index in [1.807, 2.05) is 13.8 Å². The minimum atomic E-state index is 0.178. The van der Waals surface area contributed by atoms with Crippen LogP contribution in [0.25, 0.3) is 0 Å². The first-order chi connectivity index (χ1) is 6.09. The van der Waals surface area contributed by atoms with Crippen molar-refractivity contribution in [3.63, 3.8) is 0 Å². The second-order valence-electron chi connectivity index (χ2n) is 3.48. The molecule has 5 heteroatoms. The summed E-state index contributed by atoms with van der Waals surface area (Å²) in [6, 6.07) is 1.12. The third-order valence-corrected chi connectivity index (χ3v) is 2.56. The highest BCUT2D eigenvalue weighted by Crippen LogP contribution is 2.14. The Morgan fingerprint density at radius 1 is 1.46 bits per heavy atom. The van der Waals surface area contributed by atoms with Crippen LogP contribution in [0.3, 0.4) is 0 Å². The van der Waals surface area contributed by atoms with E-state index in [4.69, 9.17) is 4.74 Å². The highest BCUT2D eigenvalue weighted by molar-refractivity contribution is 7.95. The maximum Gasteiger partial charge on any atom is 0.297 e. The molecule has 1 heterocycles. The van der Waals surface area contributed by atoms with Crippen LogP contribution in [-0.2, 0) is 4.74 Å². The first-order valence-electron chi connectivity index (χ1n) is 4.50. The van der Waals surface area contributed by atoms with Crippen LogP contribution in [-0.4, -0.2) is 29.1 Å². The average molecular weight is 203 g/mol. The maximum absolute atomic E-state index is 5.41. The van der Waals surface area contributed by atoms with Gasteiger partial charge in [-0.15, -0.1) is 0 Å². The molecule has 0 amide bonds. The van der Waals surface area contributed by atoms with Gasteiger partial charge in [0.1, 0.15) is 6.67 Å². The molecular formula is C8H17N3OS. The van der Waals surface area contributed by atoms with E-state index in [1.54, 1.807) is 12.1 Å². The van der Waals surface area contributed by atoms with Crippen molar-refractivity contribution >= 4 is 18.2 Å². The van der Waals surface area contributed by atoms with Crippen molar-refractivity contribution < 1.29 is 4.74 Å². The van der Waals surface area contributed by atoms with Gasteiger partial charge in [-0.2, -0.15) is 0 Å². The van der Waals surface area contributed by atoms with Crippen LogP contribution in [0.2, 0.25) is 0 Å². The van der Waals surface area contributed by atoms with E-state index in [0.717, 1.165) is 0 Å². The van der Waals surface area contributed by atoms with Gasteiger partial charge in [0.2, 0.25) is 0 Å². The summed E-state index contributed by atoms with van der Waals surface area (Å²) in [6.45, 7) is 8.95. The SMILES string of the molecule is CC(C)OC1=NCN(C(C)C)SN1. The average Bonchev–Trinajstić information content (AvgIpc) is 2.04. The molecule has 13 heavy (non-hydrogen) atoms. The van der Waals surface area contributed by atoms with E-state index >= 15 is 0 Å². The second kappa shape index (κ2) is 4.72. The second-order valence-corrected chi connectivity index (χ2v) is 4.33. The number of hydrogen-bond donors (Lipinski definition) is 1. The van der Waals surface area contributed by atoms with E-state index in [-0.39, 0.29) is 6.10 Å². The van der Waals surface area contributed by atoms with Crippen molar-refractivity contribution in [3.05, 3.63) is 0 Å². The van der Waals surface area contributed by atoms with Gasteiger partial charge in [0.25, 0.3) is 6.02 Å². The maximum atomic E-state index is 5.41. The van der Waals surface area contributed by atoms with Crippen molar-refractivity contribution in [2.75, 3.05) is 6.67 Å². The third kappa shape index (κ3) is 3.44. The molecule has 0 unspecified atom stereocenters. The fourth-order valence-corrected chi connectivity index (χ4v) is 1.48. The minimum Gasteiger partial charge on any atom is -0.462 e. The van der Waals surface area contributed by atoms with E-state index < -0.39 is 0 Å². The number of nitrogens with zero attached hydrogens (tertiary/aromatic N) is 2. The lowest BCUT2D eigenvalue weighted by Gasteiger charge is -2.27. The predicted octanol–water partition coefficient (Wildman–Crippen LogP) is 1.60. The Morgan fingerprint density at radius 3 is 2.54 bits per heavy atom. The van der Waals surface area contributed by atoms with E-state index in [0.29, 0.717) is 18.7 Å². The highest BCUT2D eigenvalue weighted by Gasteiger charge is 2.16. The molecule has 0 atom stereocenters. The summed E-state index contributed by atoms with van der Waals surface area (Å²) in [6.07, 6.45) is 0.178. The van der Waals surface area contributed by atoms with Crippen LogP contribution >= 0.6 is 12.1 Å². The molecule has 0 aliphatic carbocycles. The summed E-state index contributed by atoms with van der Waals surface area (Å²) in [5, 5.41) is 0. The molecule has 0 fully saturated rings. The molecule has 0 saturated heterocycles. The molecule has 76 valence electrons. The van der Waals surface area contributed by atoms with Crippen molar-refractivity contribution in [3.8, 4) is 0 Å². The Hall–Kier alpha value is -0.420. The Morgan fingerprint density at radius 2 is 2.15 bits per heavy atom. The van der Waals surface area contributed by atoms with E-state index in [1.165, 1.54) is 0 Å². The van der Waals surface area contributed by atoms with E-state index in [2.05, 4.69) is 27.9 Å². The number of ether oxygens (including phenoxy) is 1. The Labute approximate surface area is 84.0 Å². The third-order valence-electron chi connectivity index (χ3n) is 1.53. The molecule has 1 N–H and O–H groups in total. The summed E-state index contributed by atoms with van der Waals surface area (Å²) in [5.41, 5.74) is 0. The van der Waals surface area contributed by atoms with Crippen LogP contribution in [0, 0.1) is 0 Å². The van der Waals surface area contributed by atoms with Gasteiger partial charge in [-0.3, -0.25) is 4.72 Å². The van der Waals surface area contributed by atoms with Crippen LogP contribution < -0.4 is 4.72 Å². The molecule has 0 aromatic heterocycles. The largest absolute Gasteiger partial charge is 0.462 e. The summed E-state index contributed by atoms with van der Waals surface area (Å²) in [4.78, 5) is 4.26. The van der Waals surface area contributed by atoms with Crippen molar-refractivity contribution in [1.29, 1.82) is 0 Å². The lowest BCUT2D eigenvalue weighted by atomic mass is 10.4. The van der Waals surface area contributed by atoms with Crippen molar-refractivity contribution in [2.45, 2.75) is 39.8 Å². The zero-order valence-corrected chi connectivity index (χ0v) is 9.39. The molecule has 1 aliphatic rings. The first-order valence-corrected chi connectivity index (χ1v) is 5.27. The molecule has 0 radical (unpaired) electrons. The number of rotatable bonds is 2. The molecular weight excluding hydrogens is 186 g/mol. The molecule has 0 aromatic carbocycles. The van der Waals surface area contributed by atoms with Gasteiger partial charge in [0, 0.05) is 18.2 Å². The quantitative estimate of drug-likeness (QED) is 0.692. The molecule has 0 aromatic rings. The summed E-state index contributed by atoms with van der Waals surface area (Å²) in [7, 11) is 0. The first kappa shape index (κ1) is 10.7. The highest BCUT2D eigenvalue weighted by atomic mass is 32.2. The lowest BCUT2D eigenvalue weighted by molar-refractivity contribution is 0.216. The zero-order valence-electron chi connectivity index (χ0n) is 8.57. The summed E-state index contributed by atoms with van der Waals surface area (Å²) in [5.74, 6) is 0. The van der Waals surface area contributed by atoms with Crippen LogP contribution in [0.5, 0.6) is 0 Å². The van der Waals surface area contributed by atoms with Crippen molar-refractivity contribution in [2.24, 2.45) is 4.99 Å². The van der Waals surface area contributed by atoms with Crippen LogP contribution in [0.4, 0.5) is 0 Å².